The van der Waals surface area contributed by atoms with Crippen molar-refractivity contribution < 1.29 is 26.3 Å². The van der Waals surface area contributed by atoms with E-state index >= 15 is 0 Å². The lowest BCUT2D eigenvalue weighted by Gasteiger charge is -2.19. The van der Waals surface area contributed by atoms with Crippen molar-refractivity contribution >= 4 is 34.4 Å². The van der Waals surface area contributed by atoms with Crippen LogP contribution in [-0.2, 0) is 12.4 Å². The summed E-state index contributed by atoms with van der Waals surface area (Å²) in [6.45, 7) is -2.32. The lowest BCUT2D eigenvalue weighted by atomic mass is 10.1. The molecule has 0 saturated heterocycles. The topological polar surface area (TPSA) is 0 Å². The van der Waals surface area contributed by atoms with Crippen LogP contribution in [0.1, 0.15) is 11.1 Å². The van der Waals surface area contributed by atoms with Crippen LogP contribution in [0.25, 0.3) is 0 Å². The Hall–Kier alpha value is -0.190. The average molecular weight is 315 g/mol. The summed E-state index contributed by atoms with van der Waals surface area (Å²) in [5.41, 5.74) is -3.60. The van der Waals surface area contributed by atoms with E-state index in [0.717, 1.165) is 12.1 Å². The molecule has 1 rings (SSSR count). The predicted molar refractivity (Wildman–Crippen MR) is 54.7 cm³/mol. The highest BCUT2D eigenvalue weighted by atomic mass is 35.9. The summed E-state index contributed by atoms with van der Waals surface area (Å²) in [6, 6.07) is 2.02. The quantitative estimate of drug-likeness (QED) is 0.497. The largest absolute Gasteiger partial charge is 0.417 e. The molecule has 0 aliphatic rings. The average Bonchev–Trinajstić information content (AvgIpc) is 2.13. The van der Waals surface area contributed by atoms with Crippen LogP contribution in [-0.4, -0.2) is 0 Å². The summed E-state index contributed by atoms with van der Waals surface area (Å²) < 4.78 is 75.1. The van der Waals surface area contributed by atoms with Crippen LogP contribution < -0.4 is 5.30 Å². The third-order valence-corrected chi connectivity index (χ3v) is 3.64. The Morgan fingerprint density at radius 3 is 1.76 bits per heavy atom. The highest BCUT2D eigenvalue weighted by molar-refractivity contribution is 8.08. The van der Waals surface area contributed by atoms with E-state index in [1.54, 1.807) is 0 Å². The summed E-state index contributed by atoms with van der Waals surface area (Å²) in [5.74, 6) is 0. The van der Waals surface area contributed by atoms with Gasteiger partial charge in [0.1, 0.15) is 6.63 Å². The number of hydrogen-bond donors (Lipinski definition) is 0. The van der Waals surface area contributed by atoms with Gasteiger partial charge in [0.25, 0.3) is 0 Å². The number of alkyl halides is 6. The zero-order chi connectivity index (χ0) is 13.4. The Bertz CT molecular complexity index is 411. The fourth-order valence-corrected chi connectivity index (χ4v) is 2.68. The molecule has 0 nitrogen and oxygen atoms in total. The molecule has 0 bridgehead atoms. The smallest absolute Gasteiger partial charge is 0.166 e. The molecule has 0 saturated carbocycles. The van der Waals surface area contributed by atoms with Crippen LogP contribution in [0.2, 0.25) is 0 Å². The minimum absolute atomic E-state index is 0.346. The highest BCUT2D eigenvalue weighted by Gasteiger charge is 2.45. The molecule has 0 aromatic heterocycles. The van der Waals surface area contributed by atoms with Gasteiger partial charge in [-0.15, -0.1) is 0 Å². The summed E-state index contributed by atoms with van der Waals surface area (Å²) in [6.07, 6.45) is -10.3. The van der Waals surface area contributed by atoms with Gasteiger partial charge in [0, 0.05) is 5.30 Å². The van der Waals surface area contributed by atoms with Crippen molar-refractivity contribution in [2.75, 3.05) is 0 Å². The molecular weight excluding hydrogens is 312 g/mol. The first-order chi connectivity index (χ1) is 7.55. The van der Waals surface area contributed by atoms with Crippen LogP contribution in [0.5, 0.6) is 0 Å². The minimum atomic E-state index is -5.16. The summed E-state index contributed by atoms with van der Waals surface area (Å²) in [5, 5.41) is -0.745. The monoisotopic (exact) mass is 314 g/mol. The third-order valence-electron chi connectivity index (χ3n) is 1.81. The van der Waals surface area contributed by atoms with Crippen LogP contribution >= 0.6 is 29.1 Å². The molecule has 0 amide bonds. The van der Waals surface area contributed by atoms with Gasteiger partial charge in [-0.2, -0.15) is 26.3 Å². The van der Waals surface area contributed by atoms with Crippen molar-refractivity contribution in [3.8, 4) is 0 Å². The van der Waals surface area contributed by atoms with E-state index in [2.05, 4.69) is 0 Å². The van der Waals surface area contributed by atoms with Crippen molar-refractivity contribution in [3.63, 3.8) is 0 Å². The molecule has 0 spiro atoms. The first kappa shape index (κ1) is 14.9. The van der Waals surface area contributed by atoms with Gasteiger partial charge in [-0.25, -0.2) is 0 Å². The van der Waals surface area contributed by atoms with Crippen LogP contribution in [0.15, 0.2) is 18.2 Å². The van der Waals surface area contributed by atoms with E-state index in [0.29, 0.717) is 6.07 Å². The Morgan fingerprint density at radius 2 is 1.41 bits per heavy atom. The second-order valence-corrected chi connectivity index (χ2v) is 6.42. The SMILES string of the molecule is FC(F)(F)c1cccc(P(Cl)Cl)c1C(F)(F)F. The minimum Gasteiger partial charge on any atom is -0.166 e. The van der Waals surface area contributed by atoms with Gasteiger partial charge in [0.05, 0.1) is 11.1 Å². The van der Waals surface area contributed by atoms with Crippen LogP contribution in [0, 0.1) is 0 Å². The molecule has 0 heterocycles. The highest BCUT2D eigenvalue weighted by Crippen LogP contribution is 2.50. The van der Waals surface area contributed by atoms with Crippen molar-refractivity contribution in [2.45, 2.75) is 12.4 Å². The molecule has 0 atom stereocenters. The molecule has 0 N–H and O–H groups in total. The van der Waals surface area contributed by atoms with Gasteiger partial charge in [0.2, 0.25) is 0 Å². The molecule has 0 fully saturated rings. The van der Waals surface area contributed by atoms with Crippen molar-refractivity contribution in [2.24, 2.45) is 0 Å². The van der Waals surface area contributed by atoms with E-state index in [9.17, 15) is 26.3 Å². The maximum absolute atomic E-state index is 12.6. The molecule has 0 unspecified atom stereocenters. The summed E-state index contributed by atoms with van der Waals surface area (Å²) in [4.78, 5) is 0. The molecule has 0 aliphatic heterocycles. The van der Waals surface area contributed by atoms with Gasteiger partial charge >= 0.3 is 12.4 Å². The fraction of sp³-hybridized carbons (Fsp3) is 0.250. The standard InChI is InChI=1S/C8H3Cl2F6P/c9-17(10)5-3-1-2-4(7(11,12)13)6(5)8(14,15)16/h1-3H. The zero-order valence-electron chi connectivity index (χ0n) is 7.70. The number of halogens is 8. The molecule has 0 radical (unpaired) electrons. The maximum atomic E-state index is 12.6. The number of hydrogen-bond acceptors (Lipinski definition) is 0. The van der Waals surface area contributed by atoms with Gasteiger partial charge in [-0.1, -0.05) is 34.6 Å². The third kappa shape index (κ3) is 3.39. The second-order valence-electron chi connectivity index (χ2n) is 2.93. The summed E-state index contributed by atoms with van der Waals surface area (Å²) in [7, 11) is 0. The van der Waals surface area contributed by atoms with Gasteiger partial charge < -0.3 is 0 Å². The first-order valence-electron chi connectivity index (χ1n) is 3.94. The molecule has 0 aliphatic carbocycles. The second kappa shape index (κ2) is 4.82. The fourth-order valence-electron chi connectivity index (χ4n) is 1.22. The lowest BCUT2D eigenvalue weighted by molar-refractivity contribution is -0.161. The lowest BCUT2D eigenvalue weighted by Crippen LogP contribution is -2.23. The molecule has 1 aromatic carbocycles. The number of benzene rings is 1. The molecular formula is C8H3Cl2F6P. The first-order valence-corrected chi connectivity index (χ1v) is 7.09. The van der Waals surface area contributed by atoms with E-state index in [4.69, 9.17) is 22.5 Å². The number of rotatable bonds is 1. The van der Waals surface area contributed by atoms with Crippen molar-refractivity contribution in [1.82, 2.24) is 0 Å². The zero-order valence-corrected chi connectivity index (χ0v) is 10.1. The van der Waals surface area contributed by atoms with E-state index in [-0.39, 0.29) is 0 Å². The van der Waals surface area contributed by atoms with Crippen LogP contribution in [0.4, 0.5) is 26.3 Å². The molecule has 17 heavy (non-hydrogen) atoms. The van der Waals surface area contributed by atoms with E-state index < -0.39 is 35.4 Å². The normalized spacial score (nSPS) is 13.2. The summed E-state index contributed by atoms with van der Waals surface area (Å²) >= 11 is 10.6. The maximum Gasteiger partial charge on any atom is 0.417 e. The van der Waals surface area contributed by atoms with Gasteiger partial charge in [0.15, 0.2) is 0 Å². The van der Waals surface area contributed by atoms with E-state index in [1.165, 1.54) is 0 Å². The van der Waals surface area contributed by atoms with E-state index in [1.807, 2.05) is 0 Å². The van der Waals surface area contributed by atoms with Crippen molar-refractivity contribution in [1.29, 1.82) is 0 Å². The Balaban J connectivity index is 3.58. The van der Waals surface area contributed by atoms with Crippen LogP contribution in [0.3, 0.4) is 0 Å². The van der Waals surface area contributed by atoms with Gasteiger partial charge in [-0.3, -0.25) is 0 Å². The molecule has 9 heteroatoms. The molecule has 1 aromatic rings. The Morgan fingerprint density at radius 1 is 0.882 bits per heavy atom. The molecule has 96 valence electrons. The Kier molecular flexibility index (Phi) is 4.22. The van der Waals surface area contributed by atoms with Crippen molar-refractivity contribution in [3.05, 3.63) is 29.3 Å². The predicted octanol–water partition coefficient (Wildman–Crippen LogP) is 5.14. The Labute approximate surface area is 103 Å². The van der Waals surface area contributed by atoms with Gasteiger partial charge in [-0.05, 0) is 6.07 Å².